The molecule has 1 aliphatic heterocycles. The zero-order valence-electron chi connectivity index (χ0n) is 20.3. The Morgan fingerprint density at radius 2 is 1.61 bits per heavy atom. The number of methoxy groups -OCH3 is 3. The second-order valence-electron chi connectivity index (χ2n) is 8.21. The first-order valence-electron chi connectivity index (χ1n) is 11.4. The van der Waals surface area contributed by atoms with Crippen LogP contribution in [0.2, 0.25) is 5.02 Å². The molecule has 0 aromatic heterocycles. The van der Waals surface area contributed by atoms with Crippen LogP contribution in [-0.4, -0.2) is 51.3 Å². The Bertz CT molecular complexity index is 1250. The molecule has 3 aromatic rings. The van der Waals surface area contributed by atoms with Crippen molar-refractivity contribution in [3.8, 4) is 17.2 Å². The minimum atomic E-state index is -0.445. The van der Waals surface area contributed by atoms with Crippen LogP contribution in [0.25, 0.3) is 0 Å². The van der Waals surface area contributed by atoms with E-state index in [1.54, 1.807) is 62.6 Å². The number of hydrogen-bond donors (Lipinski definition) is 2. The number of anilines is 1. The summed E-state index contributed by atoms with van der Waals surface area (Å²) in [5, 5.41) is 6.46. The average Bonchev–Trinajstić information content (AvgIpc) is 2.91. The van der Waals surface area contributed by atoms with E-state index in [2.05, 4.69) is 10.6 Å². The molecule has 36 heavy (non-hydrogen) atoms. The number of carbonyl (C=O) groups is 2. The summed E-state index contributed by atoms with van der Waals surface area (Å²) in [5.74, 6) is 1.47. The van der Waals surface area contributed by atoms with Gasteiger partial charge in [-0.3, -0.25) is 4.79 Å². The molecule has 0 spiro atoms. The Balaban J connectivity index is 1.64. The average molecular weight is 510 g/mol. The van der Waals surface area contributed by atoms with Crippen molar-refractivity contribution in [1.29, 1.82) is 0 Å². The highest BCUT2D eigenvalue weighted by atomic mass is 35.5. The van der Waals surface area contributed by atoms with E-state index in [1.165, 1.54) is 0 Å². The summed E-state index contributed by atoms with van der Waals surface area (Å²) in [7, 11) is 4.71. The molecule has 0 bridgehead atoms. The largest absolute Gasteiger partial charge is 0.495 e. The van der Waals surface area contributed by atoms with Gasteiger partial charge >= 0.3 is 6.03 Å². The van der Waals surface area contributed by atoms with Crippen LogP contribution in [0.1, 0.15) is 27.5 Å². The zero-order chi connectivity index (χ0) is 25.7. The topological polar surface area (TPSA) is 89.1 Å². The standard InChI is InChI=1S/C27H28ClN3O5/c1-34-23-7-5-4-6-21(23)30-27(33)31-13-12-18-14-24(35-2)25(36-3)15-20(18)22(31)16-29-26(32)17-8-10-19(28)11-9-17/h4-11,14-15,22H,12-13,16H2,1-3H3,(H,29,32)(H,30,33). The number of ether oxygens (including phenoxy) is 3. The molecule has 0 saturated carbocycles. The van der Waals surface area contributed by atoms with E-state index < -0.39 is 6.04 Å². The third-order valence-corrected chi connectivity index (χ3v) is 6.43. The van der Waals surface area contributed by atoms with Gasteiger partial charge in [0.25, 0.3) is 5.91 Å². The first kappa shape index (κ1) is 25.2. The van der Waals surface area contributed by atoms with Gasteiger partial charge in [0.15, 0.2) is 11.5 Å². The maximum absolute atomic E-state index is 13.5. The van der Waals surface area contributed by atoms with Gasteiger partial charge in [-0.1, -0.05) is 23.7 Å². The molecule has 1 unspecified atom stereocenters. The first-order chi connectivity index (χ1) is 17.4. The number of amides is 3. The van der Waals surface area contributed by atoms with E-state index in [9.17, 15) is 9.59 Å². The molecule has 9 heteroatoms. The van der Waals surface area contributed by atoms with Crippen molar-refractivity contribution in [3.63, 3.8) is 0 Å². The van der Waals surface area contributed by atoms with Gasteiger partial charge in [0.1, 0.15) is 5.75 Å². The molecule has 3 aromatic carbocycles. The molecular weight excluding hydrogens is 482 g/mol. The molecule has 0 saturated heterocycles. The number of nitrogens with zero attached hydrogens (tertiary/aromatic N) is 1. The molecule has 3 amide bonds. The molecule has 0 radical (unpaired) electrons. The van der Waals surface area contributed by atoms with E-state index in [-0.39, 0.29) is 18.5 Å². The van der Waals surface area contributed by atoms with Gasteiger partial charge in [0.05, 0.1) is 33.1 Å². The van der Waals surface area contributed by atoms with Gasteiger partial charge in [-0.15, -0.1) is 0 Å². The Kier molecular flexibility index (Phi) is 7.85. The minimum Gasteiger partial charge on any atom is -0.495 e. The van der Waals surface area contributed by atoms with Crippen molar-refractivity contribution in [2.24, 2.45) is 0 Å². The van der Waals surface area contributed by atoms with Gasteiger partial charge in [-0.05, 0) is 66.1 Å². The second-order valence-corrected chi connectivity index (χ2v) is 8.65. The van der Waals surface area contributed by atoms with Crippen molar-refractivity contribution in [1.82, 2.24) is 10.2 Å². The summed E-state index contributed by atoms with van der Waals surface area (Å²) < 4.78 is 16.4. The number of urea groups is 1. The Morgan fingerprint density at radius 3 is 2.31 bits per heavy atom. The zero-order valence-corrected chi connectivity index (χ0v) is 21.1. The monoisotopic (exact) mass is 509 g/mol. The Hall–Kier alpha value is -3.91. The highest BCUT2D eigenvalue weighted by molar-refractivity contribution is 6.30. The van der Waals surface area contributed by atoms with Crippen molar-refractivity contribution < 1.29 is 23.8 Å². The number of benzene rings is 3. The van der Waals surface area contributed by atoms with Crippen LogP contribution in [0.5, 0.6) is 17.2 Å². The third-order valence-electron chi connectivity index (χ3n) is 6.17. The lowest BCUT2D eigenvalue weighted by atomic mass is 9.91. The molecular formula is C27H28ClN3O5. The number of nitrogens with one attached hydrogen (secondary N) is 2. The van der Waals surface area contributed by atoms with Gasteiger partial charge in [-0.2, -0.15) is 0 Å². The van der Waals surface area contributed by atoms with E-state index in [1.807, 2.05) is 24.3 Å². The maximum atomic E-state index is 13.5. The second kappa shape index (κ2) is 11.2. The van der Waals surface area contributed by atoms with Gasteiger partial charge < -0.3 is 29.7 Å². The first-order valence-corrected chi connectivity index (χ1v) is 11.8. The molecule has 0 fully saturated rings. The summed E-state index contributed by atoms with van der Waals surface area (Å²) in [6, 6.07) is 16.9. The van der Waals surface area contributed by atoms with Gasteiger partial charge in [-0.25, -0.2) is 4.79 Å². The van der Waals surface area contributed by atoms with Crippen molar-refractivity contribution >= 4 is 29.2 Å². The Labute approximate surface area is 215 Å². The third kappa shape index (κ3) is 5.33. The van der Waals surface area contributed by atoms with Crippen LogP contribution < -0.4 is 24.8 Å². The molecule has 1 aliphatic rings. The predicted octanol–water partition coefficient (Wildman–Crippen LogP) is 4.93. The fourth-order valence-corrected chi connectivity index (χ4v) is 4.44. The van der Waals surface area contributed by atoms with Crippen LogP contribution in [0, 0.1) is 0 Å². The number of carbonyl (C=O) groups excluding carboxylic acids is 2. The number of rotatable bonds is 7. The van der Waals surface area contributed by atoms with Crippen LogP contribution >= 0.6 is 11.6 Å². The lowest BCUT2D eigenvalue weighted by Gasteiger charge is -2.38. The highest BCUT2D eigenvalue weighted by Crippen LogP contribution is 2.38. The highest BCUT2D eigenvalue weighted by Gasteiger charge is 2.33. The molecule has 2 N–H and O–H groups in total. The number of para-hydroxylation sites is 2. The van der Waals surface area contributed by atoms with E-state index >= 15 is 0 Å². The predicted molar refractivity (Wildman–Crippen MR) is 138 cm³/mol. The number of halogens is 1. The lowest BCUT2D eigenvalue weighted by molar-refractivity contribution is 0.0936. The molecule has 0 aliphatic carbocycles. The normalized spacial score (nSPS) is 14.4. The van der Waals surface area contributed by atoms with E-state index in [0.717, 1.165) is 11.1 Å². The summed E-state index contributed by atoms with van der Waals surface area (Å²) in [6.45, 7) is 0.647. The summed E-state index contributed by atoms with van der Waals surface area (Å²) >= 11 is 5.95. The summed E-state index contributed by atoms with van der Waals surface area (Å²) in [6.07, 6.45) is 0.622. The van der Waals surface area contributed by atoms with Crippen LogP contribution in [-0.2, 0) is 6.42 Å². The van der Waals surface area contributed by atoms with Gasteiger partial charge in [0, 0.05) is 23.7 Å². The quantitative estimate of drug-likeness (QED) is 0.471. The van der Waals surface area contributed by atoms with E-state index in [4.69, 9.17) is 25.8 Å². The molecule has 8 nitrogen and oxygen atoms in total. The molecule has 1 heterocycles. The van der Waals surface area contributed by atoms with Crippen molar-refractivity contribution in [2.75, 3.05) is 39.7 Å². The van der Waals surface area contributed by atoms with Crippen LogP contribution in [0.4, 0.5) is 10.5 Å². The number of hydrogen-bond acceptors (Lipinski definition) is 5. The van der Waals surface area contributed by atoms with Gasteiger partial charge in [0.2, 0.25) is 0 Å². The number of fused-ring (bicyclic) bond motifs is 1. The van der Waals surface area contributed by atoms with Crippen molar-refractivity contribution in [3.05, 3.63) is 82.4 Å². The SMILES string of the molecule is COc1ccccc1NC(=O)N1CCc2cc(OC)c(OC)cc2C1CNC(=O)c1ccc(Cl)cc1. The molecule has 188 valence electrons. The van der Waals surface area contributed by atoms with Crippen molar-refractivity contribution in [2.45, 2.75) is 12.5 Å². The fraction of sp³-hybridized carbons (Fsp3) is 0.259. The van der Waals surface area contributed by atoms with E-state index in [0.29, 0.717) is 46.5 Å². The molecule has 4 rings (SSSR count). The maximum Gasteiger partial charge on any atom is 0.322 e. The summed E-state index contributed by atoms with van der Waals surface area (Å²) in [4.78, 5) is 28.0. The van der Waals surface area contributed by atoms with Crippen LogP contribution in [0.15, 0.2) is 60.7 Å². The van der Waals surface area contributed by atoms with Crippen LogP contribution in [0.3, 0.4) is 0 Å². The molecule has 1 atom stereocenters. The lowest BCUT2D eigenvalue weighted by Crippen LogP contribution is -2.47. The Morgan fingerprint density at radius 1 is 0.944 bits per heavy atom. The fourth-order valence-electron chi connectivity index (χ4n) is 4.32. The minimum absolute atomic E-state index is 0.198. The summed E-state index contributed by atoms with van der Waals surface area (Å²) in [5.41, 5.74) is 2.95. The smallest absolute Gasteiger partial charge is 0.322 e.